The van der Waals surface area contributed by atoms with E-state index in [1.807, 2.05) is 12.1 Å². The number of nitrogens with zero attached hydrogens (tertiary/aromatic N) is 5. The molecule has 2 aliphatic rings. The molecule has 5 rings (SSSR count). The second-order valence-electron chi connectivity index (χ2n) is 10.7. The van der Waals surface area contributed by atoms with E-state index >= 15 is 0 Å². The molecule has 1 N–H and O–H groups in total. The van der Waals surface area contributed by atoms with Gasteiger partial charge in [0.1, 0.15) is 5.82 Å². The second-order valence-corrected chi connectivity index (χ2v) is 11.9. The molecule has 0 spiro atoms. The lowest BCUT2D eigenvalue weighted by Crippen LogP contribution is -2.47. The third kappa shape index (κ3) is 7.41. The number of halogens is 4. The molecule has 1 atom stereocenters. The number of piperazine rings is 1. The van der Waals surface area contributed by atoms with Gasteiger partial charge >= 0.3 is 12.1 Å². The number of alkyl halides is 3. The average molecular weight is 592 g/mol. The van der Waals surface area contributed by atoms with Gasteiger partial charge in [0.15, 0.2) is 0 Å². The highest BCUT2D eigenvalue weighted by molar-refractivity contribution is 7.12. The van der Waals surface area contributed by atoms with E-state index in [1.165, 1.54) is 11.3 Å². The maximum atomic E-state index is 14.3. The van der Waals surface area contributed by atoms with Gasteiger partial charge in [-0.2, -0.15) is 13.2 Å². The number of pyridine rings is 1. The molecule has 4 heterocycles. The monoisotopic (exact) mass is 591 g/mol. The molecule has 0 aliphatic carbocycles. The molecular weight excluding hydrogens is 558 g/mol. The van der Waals surface area contributed by atoms with Crippen LogP contribution >= 0.6 is 11.3 Å². The number of hydrogen-bond donors (Lipinski definition) is 1. The molecule has 12 heteroatoms. The Bertz CT molecular complexity index is 1370. The van der Waals surface area contributed by atoms with E-state index in [9.17, 15) is 22.4 Å². The Labute approximate surface area is 240 Å². The standard InChI is InChI=1S/C29H33F4N5O2S/c1-19-3-2-7-38(19)18-25-28(20-13-21(29(31,32)33)15-22(30)14-20)35-26(41-25)17-23-16-24(4-6-34-23)37-11-9-36(10-12-37)8-5-27(39)40/h4,6,13-16,19H,2-3,5,7-12,17-18H2,1H3,(H,39,40)/t19-/m1/s1. The lowest BCUT2D eigenvalue weighted by atomic mass is 10.1. The summed E-state index contributed by atoms with van der Waals surface area (Å²) in [7, 11) is 0. The zero-order valence-electron chi connectivity index (χ0n) is 22.8. The number of carboxylic acids is 1. The molecule has 0 saturated carbocycles. The van der Waals surface area contributed by atoms with E-state index < -0.39 is 23.5 Å². The number of benzene rings is 1. The molecule has 220 valence electrons. The highest BCUT2D eigenvalue weighted by Gasteiger charge is 2.32. The van der Waals surface area contributed by atoms with Crippen LogP contribution in [0.3, 0.4) is 0 Å². The van der Waals surface area contributed by atoms with Crippen LogP contribution in [0, 0.1) is 5.82 Å². The van der Waals surface area contributed by atoms with Crippen molar-refractivity contribution in [1.29, 1.82) is 0 Å². The molecule has 41 heavy (non-hydrogen) atoms. The summed E-state index contributed by atoms with van der Waals surface area (Å²) in [5.74, 6) is -1.74. The van der Waals surface area contributed by atoms with Gasteiger partial charge in [-0.15, -0.1) is 11.3 Å². The molecule has 0 amide bonds. The first-order valence-corrected chi connectivity index (χ1v) is 14.6. The van der Waals surface area contributed by atoms with Gasteiger partial charge in [-0.3, -0.25) is 19.6 Å². The maximum absolute atomic E-state index is 14.3. The van der Waals surface area contributed by atoms with Crippen LogP contribution in [0.25, 0.3) is 11.3 Å². The number of carbonyl (C=O) groups is 1. The van der Waals surface area contributed by atoms with Gasteiger partial charge in [0.2, 0.25) is 0 Å². The number of anilines is 1. The zero-order valence-corrected chi connectivity index (χ0v) is 23.6. The number of hydrogen-bond acceptors (Lipinski definition) is 7. The van der Waals surface area contributed by atoms with Crippen LogP contribution in [-0.4, -0.2) is 76.2 Å². The minimum absolute atomic E-state index is 0.126. The van der Waals surface area contributed by atoms with E-state index in [0.717, 1.165) is 74.0 Å². The van der Waals surface area contributed by atoms with Gasteiger partial charge in [-0.25, -0.2) is 9.37 Å². The van der Waals surface area contributed by atoms with E-state index in [-0.39, 0.29) is 12.0 Å². The fourth-order valence-electron chi connectivity index (χ4n) is 5.51. The second kappa shape index (κ2) is 12.4. The topological polar surface area (TPSA) is 72.8 Å². The number of likely N-dealkylation sites (tertiary alicyclic amines) is 1. The summed E-state index contributed by atoms with van der Waals surface area (Å²) in [6.07, 6.45) is -0.271. The summed E-state index contributed by atoms with van der Waals surface area (Å²) in [5, 5.41) is 9.65. The first kappa shape index (κ1) is 29.4. The van der Waals surface area contributed by atoms with E-state index in [4.69, 9.17) is 10.1 Å². The van der Waals surface area contributed by atoms with Crippen LogP contribution in [0.4, 0.5) is 23.2 Å². The molecule has 2 fully saturated rings. The molecule has 1 aromatic carbocycles. The number of thiazole rings is 1. The van der Waals surface area contributed by atoms with Crippen molar-refractivity contribution < 1.29 is 27.5 Å². The van der Waals surface area contributed by atoms with Gasteiger partial charge in [0.05, 0.1) is 22.7 Å². The summed E-state index contributed by atoms with van der Waals surface area (Å²) in [4.78, 5) is 27.6. The van der Waals surface area contributed by atoms with Crippen molar-refractivity contribution in [3.05, 3.63) is 63.5 Å². The minimum atomic E-state index is -4.66. The van der Waals surface area contributed by atoms with Crippen molar-refractivity contribution in [1.82, 2.24) is 19.8 Å². The van der Waals surface area contributed by atoms with E-state index in [0.29, 0.717) is 42.3 Å². The van der Waals surface area contributed by atoms with Crippen molar-refractivity contribution >= 4 is 23.0 Å². The Kier molecular flexibility index (Phi) is 8.91. The Morgan fingerprint density at radius 1 is 1.12 bits per heavy atom. The molecule has 7 nitrogen and oxygen atoms in total. The molecule has 2 aliphatic heterocycles. The highest BCUT2D eigenvalue weighted by Crippen LogP contribution is 2.37. The predicted octanol–water partition coefficient (Wildman–Crippen LogP) is 5.53. The van der Waals surface area contributed by atoms with Gasteiger partial charge in [0, 0.05) is 79.7 Å². The first-order chi connectivity index (χ1) is 19.5. The number of aliphatic carboxylic acids is 1. The molecule has 2 saturated heterocycles. The lowest BCUT2D eigenvalue weighted by Gasteiger charge is -2.36. The van der Waals surface area contributed by atoms with Crippen LogP contribution in [-0.2, 0) is 23.9 Å². The van der Waals surface area contributed by atoms with Crippen molar-refractivity contribution in [2.45, 2.75) is 51.4 Å². The average Bonchev–Trinajstić information content (AvgIpc) is 3.52. The highest BCUT2D eigenvalue weighted by atomic mass is 32.1. The lowest BCUT2D eigenvalue weighted by molar-refractivity contribution is -0.138. The fraction of sp³-hybridized carbons (Fsp3) is 0.483. The summed E-state index contributed by atoms with van der Waals surface area (Å²) in [6, 6.07) is 6.92. The number of aromatic nitrogens is 2. The molecular formula is C29H33F4N5O2S. The van der Waals surface area contributed by atoms with Crippen LogP contribution in [0.5, 0.6) is 0 Å². The third-order valence-electron chi connectivity index (χ3n) is 7.79. The molecule has 0 bridgehead atoms. The van der Waals surface area contributed by atoms with Crippen molar-refractivity contribution in [2.24, 2.45) is 0 Å². The summed E-state index contributed by atoms with van der Waals surface area (Å²) < 4.78 is 54.8. The molecule has 0 radical (unpaired) electrons. The van der Waals surface area contributed by atoms with Gasteiger partial charge in [-0.05, 0) is 56.6 Å². The molecule has 0 unspecified atom stereocenters. The van der Waals surface area contributed by atoms with Crippen LogP contribution < -0.4 is 4.90 Å². The predicted molar refractivity (Wildman–Crippen MR) is 150 cm³/mol. The van der Waals surface area contributed by atoms with Crippen molar-refractivity contribution in [3.63, 3.8) is 0 Å². The number of carboxylic acid groups (broad SMARTS) is 1. The zero-order chi connectivity index (χ0) is 29.1. The Morgan fingerprint density at radius 2 is 1.90 bits per heavy atom. The van der Waals surface area contributed by atoms with Gasteiger partial charge in [0.25, 0.3) is 0 Å². The smallest absolute Gasteiger partial charge is 0.416 e. The Balaban J connectivity index is 1.37. The van der Waals surface area contributed by atoms with E-state index in [2.05, 4.69) is 26.6 Å². The van der Waals surface area contributed by atoms with Gasteiger partial charge in [-0.1, -0.05) is 0 Å². The van der Waals surface area contributed by atoms with Crippen molar-refractivity contribution in [2.75, 3.05) is 44.2 Å². The van der Waals surface area contributed by atoms with E-state index in [1.54, 1.807) is 6.20 Å². The summed E-state index contributed by atoms with van der Waals surface area (Å²) >= 11 is 1.44. The summed E-state index contributed by atoms with van der Waals surface area (Å²) in [5.41, 5.74) is 1.29. The maximum Gasteiger partial charge on any atom is 0.416 e. The SMILES string of the molecule is C[C@@H]1CCCN1Cc1sc(Cc2cc(N3CCN(CCC(=O)O)CC3)ccn2)nc1-c1cc(F)cc(C(F)(F)F)c1. The largest absolute Gasteiger partial charge is 0.481 e. The summed E-state index contributed by atoms with van der Waals surface area (Å²) in [6.45, 7) is 7.20. The Hall–Kier alpha value is -3.09. The minimum Gasteiger partial charge on any atom is -0.481 e. The molecule has 2 aromatic heterocycles. The van der Waals surface area contributed by atoms with Crippen LogP contribution in [0.2, 0.25) is 0 Å². The van der Waals surface area contributed by atoms with Crippen LogP contribution in [0.1, 0.15) is 47.3 Å². The Morgan fingerprint density at radius 3 is 2.59 bits per heavy atom. The normalized spacial score (nSPS) is 18.8. The third-order valence-corrected chi connectivity index (χ3v) is 8.83. The van der Waals surface area contributed by atoms with Crippen molar-refractivity contribution in [3.8, 4) is 11.3 Å². The number of rotatable bonds is 9. The fourth-order valence-corrected chi connectivity index (χ4v) is 6.64. The first-order valence-electron chi connectivity index (χ1n) is 13.8. The van der Waals surface area contributed by atoms with Gasteiger partial charge < -0.3 is 10.0 Å². The molecule has 3 aromatic rings. The quantitative estimate of drug-likeness (QED) is 0.328. The van der Waals surface area contributed by atoms with Crippen LogP contribution in [0.15, 0.2) is 36.5 Å².